The molecular weight excluding hydrogens is 310 g/mol. The minimum Gasteiger partial charge on any atom is -0.465 e. The van der Waals surface area contributed by atoms with E-state index in [1.807, 2.05) is 24.4 Å². The third-order valence-electron chi connectivity index (χ3n) is 4.13. The summed E-state index contributed by atoms with van der Waals surface area (Å²) in [7, 11) is 1.38. The number of para-hydroxylation sites is 1. The average Bonchev–Trinajstić information content (AvgIpc) is 2.59. The molecule has 132 valence electrons. The highest BCUT2D eigenvalue weighted by Crippen LogP contribution is 2.20. The topological polar surface area (TPSA) is 38.7 Å². The van der Waals surface area contributed by atoms with Crippen molar-refractivity contribution in [3.8, 4) is 0 Å². The molecule has 0 saturated carbocycles. The summed E-state index contributed by atoms with van der Waals surface area (Å²) >= 11 is 0. The molecule has 2 rings (SSSR count). The SMILES string of the molecule is COC(=O)c1ccccc1N=CCCc1ccc(CC(C)C)cc1C. The zero-order valence-corrected chi connectivity index (χ0v) is 15.6. The summed E-state index contributed by atoms with van der Waals surface area (Å²) in [5.74, 6) is 0.316. The Balaban J connectivity index is 1.99. The summed E-state index contributed by atoms with van der Waals surface area (Å²) in [4.78, 5) is 16.2. The lowest BCUT2D eigenvalue weighted by Crippen LogP contribution is -2.01. The van der Waals surface area contributed by atoms with E-state index in [9.17, 15) is 4.79 Å². The Hall–Kier alpha value is -2.42. The molecule has 0 bridgehead atoms. The summed E-state index contributed by atoms with van der Waals surface area (Å²) < 4.78 is 4.79. The first-order valence-electron chi connectivity index (χ1n) is 8.79. The fourth-order valence-electron chi connectivity index (χ4n) is 2.89. The van der Waals surface area contributed by atoms with Gasteiger partial charge in [0, 0.05) is 6.21 Å². The highest BCUT2D eigenvalue weighted by Gasteiger charge is 2.09. The third-order valence-corrected chi connectivity index (χ3v) is 4.13. The van der Waals surface area contributed by atoms with Gasteiger partial charge in [0.15, 0.2) is 0 Å². The van der Waals surface area contributed by atoms with Crippen LogP contribution >= 0.6 is 0 Å². The quantitative estimate of drug-likeness (QED) is 0.507. The maximum Gasteiger partial charge on any atom is 0.340 e. The molecule has 0 amide bonds. The number of aliphatic imine (C=N–C) groups is 1. The molecule has 0 aliphatic heterocycles. The van der Waals surface area contributed by atoms with Gasteiger partial charge >= 0.3 is 5.97 Å². The summed E-state index contributed by atoms with van der Waals surface area (Å²) in [5.41, 5.74) is 5.23. The lowest BCUT2D eigenvalue weighted by atomic mass is 9.97. The Morgan fingerprint density at radius 3 is 2.64 bits per heavy atom. The molecular formula is C22H27NO2. The van der Waals surface area contributed by atoms with Crippen LogP contribution < -0.4 is 0 Å². The van der Waals surface area contributed by atoms with Gasteiger partial charge in [-0.1, -0.05) is 44.2 Å². The van der Waals surface area contributed by atoms with Crippen molar-refractivity contribution >= 4 is 17.9 Å². The molecule has 0 spiro atoms. The van der Waals surface area contributed by atoms with Crippen molar-refractivity contribution in [2.75, 3.05) is 7.11 Å². The molecule has 0 aliphatic rings. The maximum atomic E-state index is 11.7. The van der Waals surface area contributed by atoms with Crippen molar-refractivity contribution in [1.82, 2.24) is 0 Å². The number of aryl methyl sites for hydroxylation is 2. The molecule has 0 heterocycles. The van der Waals surface area contributed by atoms with Crippen molar-refractivity contribution in [3.05, 3.63) is 64.7 Å². The zero-order valence-electron chi connectivity index (χ0n) is 15.6. The van der Waals surface area contributed by atoms with Crippen LogP contribution in [0.2, 0.25) is 0 Å². The molecule has 0 saturated heterocycles. The standard InChI is InChI=1S/C22H27NO2/c1-16(2)14-18-11-12-19(17(3)15-18)8-7-13-23-21-10-6-5-9-20(21)22(24)25-4/h5-6,9-13,15-16H,7-8,14H2,1-4H3. The molecule has 0 fully saturated rings. The Kier molecular flexibility index (Phi) is 6.93. The van der Waals surface area contributed by atoms with Gasteiger partial charge in [-0.3, -0.25) is 4.99 Å². The fourth-order valence-corrected chi connectivity index (χ4v) is 2.89. The van der Waals surface area contributed by atoms with Gasteiger partial charge < -0.3 is 4.74 Å². The van der Waals surface area contributed by atoms with Gasteiger partial charge in [0.1, 0.15) is 0 Å². The van der Waals surface area contributed by atoms with E-state index in [-0.39, 0.29) is 5.97 Å². The van der Waals surface area contributed by atoms with Crippen LogP contribution in [0.1, 0.15) is 47.3 Å². The van der Waals surface area contributed by atoms with Crippen LogP contribution in [0, 0.1) is 12.8 Å². The second kappa shape index (κ2) is 9.16. The number of ether oxygens (including phenoxy) is 1. The number of carbonyl (C=O) groups is 1. The molecule has 0 radical (unpaired) electrons. The maximum absolute atomic E-state index is 11.7. The lowest BCUT2D eigenvalue weighted by molar-refractivity contribution is 0.0601. The van der Waals surface area contributed by atoms with Crippen LogP contribution in [0.4, 0.5) is 5.69 Å². The molecule has 0 unspecified atom stereocenters. The highest BCUT2D eigenvalue weighted by molar-refractivity contribution is 5.95. The van der Waals surface area contributed by atoms with E-state index >= 15 is 0 Å². The normalized spacial score (nSPS) is 11.2. The zero-order chi connectivity index (χ0) is 18.2. The molecule has 25 heavy (non-hydrogen) atoms. The van der Waals surface area contributed by atoms with Crippen LogP contribution in [0.15, 0.2) is 47.5 Å². The van der Waals surface area contributed by atoms with E-state index in [2.05, 4.69) is 44.0 Å². The van der Waals surface area contributed by atoms with E-state index in [1.54, 1.807) is 6.07 Å². The Bertz CT molecular complexity index is 747. The van der Waals surface area contributed by atoms with Crippen LogP contribution in [0.5, 0.6) is 0 Å². The van der Waals surface area contributed by atoms with E-state index < -0.39 is 0 Å². The first kappa shape index (κ1) is 18.9. The van der Waals surface area contributed by atoms with Crippen molar-refractivity contribution < 1.29 is 9.53 Å². The molecule has 0 N–H and O–H groups in total. The minimum absolute atomic E-state index is 0.357. The van der Waals surface area contributed by atoms with Crippen molar-refractivity contribution in [2.45, 2.75) is 40.0 Å². The van der Waals surface area contributed by atoms with Crippen molar-refractivity contribution in [2.24, 2.45) is 10.9 Å². The van der Waals surface area contributed by atoms with Gasteiger partial charge in [-0.05, 0) is 60.9 Å². The Morgan fingerprint density at radius 2 is 1.96 bits per heavy atom. The van der Waals surface area contributed by atoms with Gasteiger partial charge in [-0.25, -0.2) is 4.79 Å². The van der Waals surface area contributed by atoms with Gasteiger partial charge in [0.05, 0.1) is 18.4 Å². The van der Waals surface area contributed by atoms with E-state index in [0.717, 1.165) is 19.3 Å². The second-order valence-corrected chi connectivity index (χ2v) is 6.72. The molecule has 3 nitrogen and oxygen atoms in total. The Morgan fingerprint density at radius 1 is 1.20 bits per heavy atom. The van der Waals surface area contributed by atoms with Gasteiger partial charge in [-0.15, -0.1) is 0 Å². The smallest absolute Gasteiger partial charge is 0.340 e. The minimum atomic E-state index is -0.357. The van der Waals surface area contributed by atoms with Crippen LogP contribution in [-0.4, -0.2) is 19.3 Å². The van der Waals surface area contributed by atoms with Gasteiger partial charge in [0.25, 0.3) is 0 Å². The monoisotopic (exact) mass is 337 g/mol. The Labute approximate surface area is 150 Å². The number of carbonyl (C=O) groups excluding carboxylic acids is 1. The van der Waals surface area contributed by atoms with Crippen molar-refractivity contribution in [3.63, 3.8) is 0 Å². The van der Waals surface area contributed by atoms with Gasteiger partial charge in [0.2, 0.25) is 0 Å². The second-order valence-electron chi connectivity index (χ2n) is 6.72. The van der Waals surface area contributed by atoms with E-state index in [0.29, 0.717) is 17.2 Å². The molecule has 2 aromatic rings. The number of rotatable bonds is 7. The van der Waals surface area contributed by atoms with Crippen LogP contribution in [0.3, 0.4) is 0 Å². The summed E-state index contributed by atoms with van der Waals surface area (Å²) in [6.07, 6.45) is 4.77. The third kappa shape index (κ3) is 5.56. The predicted octanol–water partition coefficient (Wildman–Crippen LogP) is 5.32. The fraction of sp³-hybridized carbons (Fsp3) is 0.364. The molecule has 0 aliphatic carbocycles. The summed E-state index contributed by atoms with van der Waals surface area (Å²) in [6.45, 7) is 6.65. The number of benzene rings is 2. The summed E-state index contributed by atoms with van der Waals surface area (Å²) in [5, 5.41) is 0. The summed E-state index contributed by atoms with van der Waals surface area (Å²) in [6, 6.07) is 14.0. The predicted molar refractivity (Wildman–Crippen MR) is 104 cm³/mol. The van der Waals surface area contributed by atoms with Gasteiger partial charge in [-0.2, -0.15) is 0 Å². The van der Waals surface area contributed by atoms with Crippen LogP contribution in [-0.2, 0) is 17.6 Å². The number of hydrogen-bond acceptors (Lipinski definition) is 3. The number of nitrogens with zero attached hydrogens (tertiary/aromatic N) is 1. The highest BCUT2D eigenvalue weighted by atomic mass is 16.5. The average molecular weight is 337 g/mol. The number of hydrogen-bond donors (Lipinski definition) is 0. The first-order chi connectivity index (χ1) is 12.0. The van der Waals surface area contributed by atoms with Crippen LogP contribution in [0.25, 0.3) is 0 Å². The molecule has 2 aromatic carbocycles. The molecule has 3 heteroatoms. The van der Waals surface area contributed by atoms with Crippen molar-refractivity contribution in [1.29, 1.82) is 0 Å². The number of methoxy groups -OCH3 is 1. The first-order valence-corrected chi connectivity index (χ1v) is 8.79. The van der Waals surface area contributed by atoms with E-state index in [4.69, 9.17) is 4.74 Å². The largest absolute Gasteiger partial charge is 0.465 e. The molecule has 0 aromatic heterocycles. The lowest BCUT2D eigenvalue weighted by Gasteiger charge is -2.09. The van der Waals surface area contributed by atoms with E-state index in [1.165, 1.54) is 23.8 Å². The number of esters is 1. The molecule has 0 atom stereocenters.